The third-order valence-corrected chi connectivity index (χ3v) is 3.45. The summed E-state index contributed by atoms with van der Waals surface area (Å²) >= 11 is 0. The van der Waals surface area contributed by atoms with Gasteiger partial charge in [-0.15, -0.1) is 0 Å². The Morgan fingerprint density at radius 2 is 1.68 bits per heavy atom. The maximum absolute atomic E-state index is 5.99. The molecule has 2 heteroatoms. The molecule has 0 saturated carbocycles. The Balaban J connectivity index is 2.07. The highest BCUT2D eigenvalue weighted by Crippen LogP contribution is 2.24. The molecule has 2 aromatic carbocycles. The van der Waals surface area contributed by atoms with Crippen LogP contribution in [0.2, 0.25) is 0 Å². The molecule has 0 fully saturated rings. The molecule has 0 amide bonds. The zero-order valence-electron chi connectivity index (χ0n) is 11.9. The zero-order valence-corrected chi connectivity index (χ0v) is 11.9. The molecular formula is C17H21NO. The van der Waals surface area contributed by atoms with Gasteiger partial charge in [-0.3, -0.25) is 0 Å². The summed E-state index contributed by atoms with van der Waals surface area (Å²) in [5.41, 5.74) is 11.7. The average molecular weight is 255 g/mol. The van der Waals surface area contributed by atoms with Crippen molar-refractivity contribution < 1.29 is 4.74 Å². The van der Waals surface area contributed by atoms with Gasteiger partial charge in [-0.25, -0.2) is 0 Å². The van der Waals surface area contributed by atoms with E-state index in [0.29, 0.717) is 12.3 Å². The molecule has 2 rings (SSSR count). The summed E-state index contributed by atoms with van der Waals surface area (Å²) in [5, 5.41) is 0. The minimum absolute atomic E-state index is 0.552. The lowest BCUT2D eigenvalue weighted by Crippen LogP contribution is -2.00. The largest absolute Gasteiger partial charge is 0.487 e. The number of rotatable bonds is 4. The monoisotopic (exact) mass is 255 g/mol. The quantitative estimate of drug-likeness (QED) is 0.837. The van der Waals surface area contributed by atoms with Crippen LogP contribution in [0, 0.1) is 13.8 Å². The molecule has 0 spiro atoms. The second-order valence-electron chi connectivity index (χ2n) is 4.93. The van der Waals surface area contributed by atoms with E-state index in [4.69, 9.17) is 10.5 Å². The molecule has 0 unspecified atom stereocenters. The van der Waals surface area contributed by atoms with Crippen LogP contribution in [0.5, 0.6) is 5.75 Å². The van der Waals surface area contributed by atoms with E-state index < -0.39 is 0 Å². The van der Waals surface area contributed by atoms with E-state index in [-0.39, 0.29) is 0 Å². The Bertz CT molecular complexity index is 575. The fourth-order valence-corrected chi connectivity index (χ4v) is 2.00. The number of aryl methyl sites for hydroxylation is 3. The number of nitrogen functional groups attached to an aromatic ring is 1. The highest BCUT2D eigenvalue weighted by atomic mass is 16.5. The van der Waals surface area contributed by atoms with Crippen molar-refractivity contribution in [2.45, 2.75) is 33.8 Å². The molecule has 0 aliphatic heterocycles. The van der Waals surface area contributed by atoms with E-state index in [2.05, 4.69) is 45.0 Å². The first kappa shape index (κ1) is 13.5. The van der Waals surface area contributed by atoms with Crippen LogP contribution in [0.25, 0.3) is 0 Å². The second kappa shape index (κ2) is 5.79. The topological polar surface area (TPSA) is 35.2 Å². The molecule has 0 aliphatic rings. The van der Waals surface area contributed by atoms with Crippen LogP contribution in [0.4, 0.5) is 5.69 Å². The van der Waals surface area contributed by atoms with Gasteiger partial charge in [0, 0.05) is 0 Å². The normalized spacial score (nSPS) is 10.5. The number of hydrogen-bond acceptors (Lipinski definition) is 2. The predicted molar refractivity (Wildman–Crippen MR) is 80.5 cm³/mol. The summed E-state index contributed by atoms with van der Waals surface area (Å²) in [6.45, 7) is 6.89. The molecule has 2 N–H and O–H groups in total. The van der Waals surface area contributed by atoms with Gasteiger partial charge in [-0.1, -0.05) is 31.2 Å². The van der Waals surface area contributed by atoms with E-state index in [1.807, 2.05) is 12.1 Å². The Morgan fingerprint density at radius 3 is 2.32 bits per heavy atom. The van der Waals surface area contributed by atoms with Gasteiger partial charge in [-0.05, 0) is 54.7 Å². The molecule has 100 valence electrons. The lowest BCUT2D eigenvalue weighted by atomic mass is 10.1. The van der Waals surface area contributed by atoms with Crippen LogP contribution in [0.1, 0.15) is 29.2 Å². The van der Waals surface area contributed by atoms with Crippen LogP contribution in [-0.4, -0.2) is 0 Å². The Morgan fingerprint density at radius 1 is 0.947 bits per heavy atom. The highest BCUT2D eigenvalue weighted by molar-refractivity contribution is 5.54. The van der Waals surface area contributed by atoms with Gasteiger partial charge in [0.15, 0.2) is 0 Å². The van der Waals surface area contributed by atoms with Crippen LogP contribution < -0.4 is 10.5 Å². The summed E-state index contributed by atoms with van der Waals surface area (Å²) in [7, 11) is 0. The van der Waals surface area contributed by atoms with E-state index >= 15 is 0 Å². The highest BCUT2D eigenvalue weighted by Gasteiger charge is 2.03. The molecule has 0 aliphatic carbocycles. The number of ether oxygens (including phenoxy) is 1. The summed E-state index contributed by atoms with van der Waals surface area (Å²) in [6.07, 6.45) is 0.988. The van der Waals surface area contributed by atoms with E-state index in [1.165, 1.54) is 22.3 Å². The minimum Gasteiger partial charge on any atom is -0.487 e. The Labute approximate surface area is 115 Å². The van der Waals surface area contributed by atoms with Crippen molar-refractivity contribution in [1.29, 1.82) is 0 Å². The molecule has 0 heterocycles. The van der Waals surface area contributed by atoms with Crippen LogP contribution in [0.15, 0.2) is 36.4 Å². The van der Waals surface area contributed by atoms with E-state index in [1.54, 1.807) is 0 Å². The SMILES string of the molecule is CCc1ccc(OCc2ccc(C)c(C)c2)c(N)c1. The number of anilines is 1. The zero-order chi connectivity index (χ0) is 13.8. The molecule has 0 bridgehead atoms. The summed E-state index contributed by atoms with van der Waals surface area (Å²) in [6, 6.07) is 12.4. The molecule has 0 radical (unpaired) electrons. The molecule has 0 aromatic heterocycles. The molecule has 0 atom stereocenters. The van der Waals surface area contributed by atoms with Crippen LogP contribution >= 0.6 is 0 Å². The third-order valence-electron chi connectivity index (χ3n) is 3.45. The predicted octanol–water partition coefficient (Wildman–Crippen LogP) is 4.03. The number of benzene rings is 2. The van der Waals surface area contributed by atoms with Gasteiger partial charge < -0.3 is 10.5 Å². The minimum atomic E-state index is 0.552. The van der Waals surface area contributed by atoms with Gasteiger partial charge in [0.2, 0.25) is 0 Å². The Kier molecular flexibility index (Phi) is 4.10. The standard InChI is InChI=1S/C17H21NO/c1-4-14-7-8-17(16(18)10-14)19-11-15-6-5-12(2)13(3)9-15/h5-10H,4,11,18H2,1-3H3. The molecule has 2 nitrogen and oxygen atoms in total. The van der Waals surface area contributed by atoms with Crippen molar-refractivity contribution in [1.82, 2.24) is 0 Å². The summed E-state index contributed by atoms with van der Waals surface area (Å²) in [5.74, 6) is 0.760. The van der Waals surface area contributed by atoms with Crippen molar-refractivity contribution in [2.75, 3.05) is 5.73 Å². The van der Waals surface area contributed by atoms with Crippen LogP contribution in [0.3, 0.4) is 0 Å². The average Bonchev–Trinajstić information content (AvgIpc) is 2.41. The Hall–Kier alpha value is -1.96. The van der Waals surface area contributed by atoms with Gasteiger partial charge >= 0.3 is 0 Å². The third kappa shape index (κ3) is 3.28. The molecule has 2 aromatic rings. The molecule has 19 heavy (non-hydrogen) atoms. The first-order valence-electron chi connectivity index (χ1n) is 6.67. The van der Waals surface area contributed by atoms with Gasteiger partial charge in [-0.2, -0.15) is 0 Å². The number of nitrogens with two attached hydrogens (primary N) is 1. The lowest BCUT2D eigenvalue weighted by molar-refractivity contribution is 0.308. The van der Waals surface area contributed by atoms with Crippen LogP contribution in [-0.2, 0) is 13.0 Å². The molecular weight excluding hydrogens is 234 g/mol. The first-order valence-corrected chi connectivity index (χ1v) is 6.67. The van der Waals surface area contributed by atoms with Crippen molar-refractivity contribution in [3.8, 4) is 5.75 Å². The molecule has 0 saturated heterocycles. The fourth-order valence-electron chi connectivity index (χ4n) is 2.00. The summed E-state index contributed by atoms with van der Waals surface area (Å²) < 4.78 is 5.79. The smallest absolute Gasteiger partial charge is 0.142 e. The van der Waals surface area contributed by atoms with E-state index in [9.17, 15) is 0 Å². The first-order chi connectivity index (χ1) is 9.10. The fraction of sp³-hybridized carbons (Fsp3) is 0.294. The van der Waals surface area contributed by atoms with Gasteiger partial charge in [0.1, 0.15) is 12.4 Å². The van der Waals surface area contributed by atoms with Crippen molar-refractivity contribution in [3.05, 3.63) is 58.7 Å². The second-order valence-corrected chi connectivity index (χ2v) is 4.93. The van der Waals surface area contributed by atoms with Crippen molar-refractivity contribution in [2.24, 2.45) is 0 Å². The lowest BCUT2D eigenvalue weighted by Gasteiger charge is -2.11. The van der Waals surface area contributed by atoms with Gasteiger partial charge in [0.25, 0.3) is 0 Å². The van der Waals surface area contributed by atoms with Crippen molar-refractivity contribution in [3.63, 3.8) is 0 Å². The number of hydrogen-bond donors (Lipinski definition) is 1. The van der Waals surface area contributed by atoms with E-state index in [0.717, 1.165) is 12.2 Å². The maximum Gasteiger partial charge on any atom is 0.142 e. The summed E-state index contributed by atoms with van der Waals surface area (Å²) in [4.78, 5) is 0. The van der Waals surface area contributed by atoms with Crippen molar-refractivity contribution >= 4 is 5.69 Å². The van der Waals surface area contributed by atoms with Gasteiger partial charge in [0.05, 0.1) is 5.69 Å². The maximum atomic E-state index is 5.99.